The number of aromatic amines is 1. The molecule has 1 aromatic carbocycles. The summed E-state index contributed by atoms with van der Waals surface area (Å²) in [5.74, 6) is 0.735. The zero-order valence-electron chi connectivity index (χ0n) is 14.4. The van der Waals surface area contributed by atoms with Gasteiger partial charge in [0.05, 0.1) is 11.8 Å². The number of fused-ring (bicyclic) bond motifs is 1. The van der Waals surface area contributed by atoms with Gasteiger partial charge in [-0.1, -0.05) is 43.7 Å². The van der Waals surface area contributed by atoms with E-state index in [1.165, 1.54) is 0 Å². The molecule has 0 spiro atoms. The predicted octanol–water partition coefficient (Wildman–Crippen LogP) is 3.77. The second-order valence-electron chi connectivity index (χ2n) is 6.75. The maximum absolute atomic E-state index is 12.5. The van der Waals surface area contributed by atoms with Gasteiger partial charge in [-0.3, -0.25) is 4.79 Å². The molecule has 5 heteroatoms. The van der Waals surface area contributed by atoms with Gasteiger partial charge in [0, 0.05) is 36.8 Å². The first-order valence-corrected chi connectivity index (χ1v) is 8.90. The molecule has 3 heterocycles. The zero-order valence-corrected chi connectivity index (χ0v) is 14.4. The Hall–Kier alpha value is -2.69. The molecule has 0 radical (unpaired) electrons. The van der Waals surface area contributed by atoms with Crippen molar-refractivity contribution in [1.29, 1.82) is 0 Å². The van der Waals surface area contributed by atoms with Crippen LogP contribution in [0.5, 0.6) is 0 Å². The van der Waals surface area contributed by atoms with E-state index in [4.69, 9.17) is 0 Å². The number of rotatable bonds is 5. The highest BCUT2D eigenvalue weighted by Crippen LogP contribution is 2.31. The Kier molecular flexibility index (Phi) is 4.22. The number of nitrogens with one attached hydrogen (secondary N) is 1. The highest BCUT2D eigenvalue weighted by Gasteiger charge is 2.30. The third-order valence-corrected chi connectivity index (χ3v) is 4.99. The van der Waals surface area contributed by atoms with Crippen molar-refractivity contribution in [1.82, 2.24) is 19.9 Å². The Bertz CT molecular complexity index is 887. The minimum absolute atomic E-state index is 0.252. The van der Waals surface area contributed by atoms with E-state index < -0.39 is 0 Å². The number of H-pyrrole nitrogens is 1. The Morgan fingerprint density at radius 1 is 1.24 bits per heavy atom. The minimum atomic E-state index is 0.252. The summed E-state index contributed by atoms with van der Waals surface area (Å²) >= 11 is 0. The fourth-order valence-electron chi connectivity index (χ4n) is 3.78. The Balaban J connectivity index is 1.73. The molecule has 0 bridgehead atoms. The number of imidazole rings is 1. The summed E-state index contributed by atoms with van der Waals surface area (Å²) in [6.45, 7) is 3.63. The number of hydrogen-bond donors (Lipinski definition) is 1. The lowest BCUT2D eigenvalue weighted by Crippen LogP contribution is -2.25. The van der Waals surface area contributed by atoms with Gasteiger partial charge in [-0.15, -0.1) is 0 Å². The van der Waals surface area contributed by atoms with Crippen molar-refractivity contribution in [3.8, 4) is 11.1 Å². The highest BCUT2D eigenvalue weighted by molar-refractivity contribution is 5.85. The van der Waals surface area contributed by atoms with Crippen molar-refractivity contribution in [3.63, 3.8) is 0 Å². The smallest absolute Gasteiger partial charge is 0.223 e. The van der Waals surface area contributed by atoms with Crippen LogP contribution < -0.4 is 0 Å². The molecular formula is C20H22N4O. The molecular weight excluding hydrogens is 312 g/mol. The normalized spacial score (nSPS) is 17.6. The fraction of sp³-hybridized carbons (Fsp3) is 0.350. The van der Waals surface area contributed by atoms with Gasteiger partial charge < -0.3 is 9.88 Å². The number of hydrogen-bond acceptors (Lipinski definition) is 3. The second-order valence-corrected chi connectivity index (χ2v) is 6.75. The molecule has 2 aromatic heterocycles. The van der Waals surface area contributed by atoms with Gasteiger partial charge in [-0.2, -0.15) is 0 Å². The summed E-state index contributed by atoms with van der Waals surface area (Å²) in [6.07, 6.45) is 6.45. The number of pyridine rings is 1. The van der Waals surface area contributed by atoms with Crippen molar-refractivity contribution in [2.75, 3.05) is 6.54 Å². The summed E-state index contributed by atoms with van der Waals surface area (Å²) in [5, 5.41) is 0. The number of carbonyl (C=O) groups is 1. The van der Waals surface area contributed by atoms with Gasteiger partial charge in [-0.25, -0.2) is 9.97 Å². The molecule has 1 saturated heterocycles. The fourth-order valence-corrected chi connectivity index (χ4v) is 3.78. The van der Waals surface area contributed by atoms with E-state index in [1.807, 2.05) is 29.3 Å². The lowest BCUT2D eigenvalue weighted by Gasteiger charge is -2.19. The highest BCUT2D eigenvalue weighted by atomic mass is 16.2. The van der Waals surface area contributed by atoms with Gasteiger partial charge in [0.25, 0.3) is 0 Å². The molecule has 25 heavy (non-hydrogen) atoms. The van der Waals surface area contributed by atoms with Crippen molar-refractivity contribution < 1.29 is 4.79 Å². The second kappa shape index (κ2) is 6.67. The van der Waals surface area contributed by atoms with Crippen molar-refractivity contribution in [2.45, 2.75) is 32.7 Å². The quantitative estimate of drug-likeness (QED) is 0.772. The summed E-state index contributed by atoms with van der Waals surface area (Å²) in [7, 11) is 0. The number of carbonyl (C=O) groups excluding carboxylic acids is 1. The summed E-state index contributed by atoms with van der Waals surface area (Å²) < 4.78 is 0. The molecule has 4 rings (SSSR count). The largest absolute Gasteiger partial charge is 0.343 e. The van der Waals surface area contributed by atoms with Gasteiger partial charge in [0.1, 0.15) is 0 Å². The molecule has 5 nitrogen and oxygen atoms in total. The Morgan fingerprint density at radius 3 is 2.88 bits per heavy atom. The van der Waals surface area contributed by atoms with Crippen LogP contribution in [0.3, 0.4) is 0 Å². The first-order valence-electron chi connectivity index (χ1n) is 8.90. The molecule has 1 aliphatic rings. The number of aromatic nitrogens is 3. The number of benzene rings is 1. The first-order chi connectivity index (χ1) is 12.3. The van der Waals surface area contributed by atoms with E-state index in [1.54, 1.807) is 6.33 Å². The van der Waals surface area contributed by atoms with Crippen LogP contribution >= 0.6 is 0 Å². The summed E-state index contributed by atoms with van der Waals surface area (Å²) in [4.78, 5) is 26.4. The number of nitrogens with zero attached hydrogens (tertiary/aromatic N) is 3. The molecule has 1 amide bonds. The van der Waals surface area contributed by atoms with Gasteiger partial charge in [0.2, 0.25) is 5.91 Å². The van der Waals surface area contributed by atoms with E-state index in [9.17, 15) is 4.79 Å². The average Bonchev–Trinajstić information content (AvgIpc) is 3.23. The third kappa shape index (κ3) is 3.02. The van der Waals surface area contributed by atoms with Crippen LogP contribution in [0.4, 0.5) is 0 Å². The van der Waals surface area contributed by atoms with Crippen LogP contribution in [0.25, 0.3) is 22.3 Å². The van der Waals surface area contributed by atoms with E-state index in [0.717, 1.165) is 41.6 Å². The first kappa shape index (κ1) is 15.8. The van der Waals surface area contributed by atoms with E-state index in [0.29, 0.717) is 24.5 Å². The maximum Gasteiger partial charge on any atom is 0.223 e. The van der Waals surface area contributed by atoms with Crippen LogP contribution in [-0.2, 0) is 11.3 Å². The Morgan fingerprint density at radius 2 is 2.08 bits per heavy atom. The van der Waals surface area contributed by atoms with Gasteiger partial charge in [0.15, 0.2) is 5.65 Å². The van der Waals surface area contributed by atoms with Gasteiger partial charge in [-0.05, 0) is 17.9 Å². The third-order valence-electron chi connectivity index (χ3n) is 4.99. The van der Waals surface area contributed by atoms with Crippen molar-refractivity contribution >= 4 is 17.1 Å². The van der Waals surface area contributed by atoms with Crippen LogP contribution in [0.1, 0.15) is 31.7 Å². The lowest BCUT2D eigenvalue weighted by atomic mass is 10.0. The molecule has 1 unspecified atom stereocenters. The van der Waals surface area contributed by atoms with Crippen LogP contribution in [0.15, 0.2) is 42.9 Å². The number of amides is 1. The van der Waals surface area contributed by atoms with Gasteiger partial charge >= 0.3 is 0 Å². The maximum atomic E-state index is 12.5. The predicted molar refractivity (Wildman–Crippen MR) is 97.8 cm³/mol. The van der Waals surface area contributed by atoms with E-state index in [-0.39, 0.29) is 5.91 Å². The Labute approximate surface area is 147 Å². The molecule has 1 atom stereocenters. The molecule has 1 fully saturated rings. The standard InChI is InChI=1S/C20H22N4O/c1-2-6-14-9-18(25)24(11-14)12-17-16(15-7-4-3-5-8-15)10-21-20-19(17)22-13-23-20/h3-5,7-8,10,13-14H,2,6,9,11-12H2,1H3,(H,21,22,23). The van der Waals surface area contributed by atoms with Crippen molar-refractivity contribution in [2.24, 2.45) is 5.92 Å². The van der Waals surface area contributed by atoms with E-state index in [2.05, 4.69) is 34.0 Å². The van der Waals surface area contributed by atoms with Crippen LogP contribution in [-0.4, -0.2) is 32.3 Å². The summed E-state index contributed by atoms with van der Waals surface area (Å²) in [5.41, 5.74) is 4.89. The van der Waals surface area contributed by atoms with E-state index >= 15 is 0 Å². The zero-order chi connectivity index (χ0) is 17.2. The summed E-state index contributed by atoms with van der Waals surface area (Å²) in [6, 6.07) is 10.2. The number of likely N-dealkylation sites (tertiary alicyclic amines) is 1. The lowest BCUT2D eigenvalue weighted by molar-refractivity contribution is -0.128. The molecule has 0 aliphatic carbocycles. The molecule has 3 aromatic rings. The topological polar surface area (TPSA) is 61.9 Å². The van der Waals surface area contributed by atoms with Crippen LogP contribution in [0.2, 0.25) is 0 Å². The molecule has 0 saturated carbocycles. The molecule has 1 aliphatic heterocycles. The monoisotopic (exact) mass is 334 g/mol. The average molecular weight is 334 g/mol. The van der Waals surface area contributed by atoms with Crippen molar-refractivity contribution in [3.05, 3.63) is 48.4 Å². The minimum Gasteiger partial charge on any atom is -0.343 e. The molecule has 128 valence electrons. The molecule has 1 N–H and O–H groups in total. The van der Waals surface area contributed by atoms with Crippen LogP contribution in [0, 0.1) is 5.92 Å². The SMILES string of the molecule is CCCC1CC(=O)N(Cc2c(-c3ccccc3)cnc3nc[nH]c23)C1.